The maximum Gasteiger partial charge on any atom is 0.251 e. The monoisotopic (exact) mass is 404 g/mol. The van der Waals surface area contributed by atoms with E-state index < -0.39 is 0 Å². The molecule has 5 nitrogen and oxygen atoms in total. The minimum atomic E-state index is -0.0284. The zero-order valence-corrected chi connectivity index (χ0v) is 17.3. The molecule has 0 bridgehead atoms. The van der Waals surface area contributed by atoms with E-state index in [1.54, 1.807) is 18.2 Å². The largest absolute Gasteiger partial charge is 0.494 e. The number of nitrogens with zero attached hydrogens (tertiary/aromatic N) is 1. The van der Waals surface area contributed by atoms with Crippen molar-refractivity contribution in [2.75, 3.05) is 13.2 Å². The molecule has 2 aromatic carbocycles. The molecule has 4 rings (SSSR count). The number of likely N-dealkylation sites (tertiary alicyclic amines) is 1. The molecule has 2 amide bonds. The second kappa shape index (κ2) is 9.16. The van der Waals surface area contributed by atoms with Crippen LogP contribution in [0, 0.1) is 0 Å². The summed E-state index contributed by atoms with van der Waals surface area (Å²) in [5.74, 6) is 0.840. The van der Waals surface area contributed by atoms with Crippen molar-refractivity contribution < 1.29 is 14.3 Å². The SMILES string of the molecule is CCOc1ccc(C2CCCN2C(=O)/C=C/c2ccc(C(=O)NC3CC3)cc2)cc1. The number of carbonyl (C=O) groups excluding carboxylic acids is 2. The molecule has 1 heterocycles. The topological polar surface area (TPSA) is 58.6 Å². The first-order chi connectivity index (χ1) is 14.6. The van der Waals surface area contributed by atoms with E-state index in [2.05, 4.69) is 17.4 Å². The Hall–Kier alpha value is -3.08. The van der Waals surface area contributed by atoms with Gasteiger partial charge in [0.25, 0.3) is 5.91 Å². The summed E-state index contributed by atoms with van der Waals surface area (Å²) in [4.78, 5) is 26.8. The summed E-state index contributed by atoms with van der Waals surface area (Å²) in [6.45, 7) is 3.37. The van der Waals surface area contributed by atoms with Crippen molar-refractivity contribution in [2.24, 2.45) is 0 Å². The van der Waals surface area contributed by atoms with Crippen molar-refractivity contribution >= 4 is 17.9 Å². The van der Waals surface area contributed by atoms with E-state index in [1.165, 1.54) is 0 Å². The summed E-state index contributed by atoms with van der Waals surface area (Å²) in [6, 6.07) is 15.9. The highest BCUT2D eigenvalue weighted by Gasteiger charge is 2.28. The van der Waals surface area contributed by atoms with Crippen LogP contribution < -0.4 is 10.1 Å². The van der Waals surface area contributed by atoms with Gasteiger partial charge in [-0.3, -0.25) is 9.59 Å². The van der Waals surface area contributed by atoms with E-state index in [1.807, 2.05) is 42.2 Å². The Balaban J connectivity index is 1.38. The molecule has 30 heavy (non-hydrogen) atoms. The lowest BCUT2D eigenvalue weighted by atomic mass is 10.0. The highest BCUT2D eigenvalue weighted by atomic mass is 16.5. The zero-order valence-electron chi connectivity index (χ0n) is 17.3. The standard InChI is InChI=1S/C25H28N2O3/c1-2-30-22-14-10-19(11-15-22)23-4-3-17-27(23)24(28)16-7-18-5-8-20(9-6-18)25(29)26-21-12-13-21/h5-11,14-16,21,23H,2-4,12-13,17H2,1H3,(H,26,29)/b16-7+. The van der Waals surface area contributed by atoms with E-state index >= 15 is 0 Å². The van der Waals surface area contributed by atoms with Gasteiger partial charge >= 0.3 is 0 Å². The average molecular weight is 405 g/mol. The molecule has 0 aromatic heterocycles. The van der Waals surface area contributed by atoms with E-state index in [9.17, 15) is 9.59 Å². The molecular weight excluding hydrogens is 376 g/mol. The van der Waals surface area contributed by atoms with Gasteiger partial charge in [-0.05, 0) is 74.1 Å². The van der Waals surface area contributed by atoms with Gasteiger partial charge in [-0.1, -0.05) is 24.3 Å². The summed E-state index contributed by atoms with van der Waals surface area (Å²) < 4.78 is 5.51. The molecule has 1 atom stereocenters. The molecule has 5 heteroatoms. The summed E-state index contributed by atoms with van der Waals surface area (Å²) >= 11 is 0. The average Bonchev–Trinajstić information content (AvgIpc) is 3.44. The Morgan fingerprint density at radius 2 is 1.80 bits per heavy atom. The van der Waals surface area contributed by atoms with Gasteiger partial charge in [0.1, 0.15) is 5.75 Å². The lowest BCUT2D eigenvalue weighted by Crippen LogP contribution is -2.28. The fourth-order valence-electron chi connectivity index (χ4n) is 3.84. The normalized spacial score (nSPS) is 18.6. The molecule has 1 aliphatic heterocycles. The van der Waals surface area contributed by atoms with Gasteiger partial charge in [0, 0.05) is 24.2 Å². The molecule has 1 aliphatic carbocycles. The smallest absolute Gasteiger partial charge is 0.251 e. The second-order valence-corrected chi connectivity index (χ2v) is 7.89. The van der Waals surface area contributed by atoms with Crippen molar-refractivity contribution in [1.82, 2.24) is 10.2 Å². The Morgan fingerprint density at radius 3 is 2.47 bits per heavy atom. The van der Waals surface area contributed by atoms with Crippen LogP contribution in [0.3, 0.4) is 0 Å². The fraction of sp³-hybridized carbons (Fsp3) is 0.360. The Kier molecular flexibility index (Phi) is 6.17. The first-order valence-corrected chi connectivity index (χ1v) is 10.8. The number of hydrogen-bond acceptors (Lipinski definition) is 3. The molecule has 2 aliphatic rings. The van der Waals surface area contributed by atoms with Gasteiger partial charge in [-0.15, -0.1) is 0 Å². The second-order valence-electron chi connectivity index (χ2n) is 7.89. The predicted molar refractivity (Wildman–Crippen MR) is 117 cm³/mol. The maximum absolute atomic E-state index is 12.8. The van der Waals surface area contributed by atoms with Crippen LogP contribution in [0.15, 0.2) is 54.6 Å². The van der Waals surface area contributed by atoms with E-state index in [-0.39, 0.29) is 17.9 Å². The van der Waals surface area contributed by atoms with Crippen molar-refractivity contribution in [3.63, 3.8) is 0 Å². The van der Waals surface area contributed by atoms with E-state index in [4.69, 9.17) is 4.74 Å². The van der Waals surface area contributed by atoms with Crippen LogP contribution >= 0.6 is 0 Å². The summed E-state index contributed by atoms with van der Waals surface area (Å²) in [7, 11) is 0. The van der Waals surface area contributed by atoms with Crippen molar-refractivity contribution in [1.29, 1.82) is 0 Å². The number of hydrogen-bond donors (Lipinski definition) is 1. The van der Waals surface area contributed by atoms with Crippen LogP contribution in [0.5, 0.6) is 5.75 Å². The zero-order chi connectivity index (χ0) is 20.9. The Bertz CT molecular complexity index is 914. The quantitative estimate of drug-likeness (QED) is 0.698. The fourth-order valence-corrected chi connectivity index (χ4v) is 3.84. The predicted octanol–water partition coefficient (Wildman–Crippen LogP) is 4.35. The summed E-state index contributed by atoms with van der Waals surface area (Å²) in [6.07, 6.45) is 7.57. The molecular formula is C25H28N2O3. The third kappa shape index (κ3) is 4.90. The summed E-state index contributed by atoms with van der Waals surface area (Å²) in [5.41, 5.74) is 2.70. The van der Waals surface area contributed by atoms with Crippen LogP contribution in [0.2, 0.25) is 0 Å². The highest BCUT2D eigenvalue weighted by Crippen LogP contribution is 2.33. The van der Waals surface area contributed by atoms with Gasteiger partial charge in [-0.2, -0.15) is 0 Å². The first-order valence-electron chi connectivity index (χ1n) is 10.8. The molecule has 1 saturated carbocycles. The van der Waals surface area contributed by atoms with Crippen LogP contribution in [0.1, 0.15) is 60.1 Å². The molecule has 2 fully saturated rings. The molecule has 2 aromatic rings. The minimum absolute atomic E-state index is 0.0157. The van der Waals surface area contributed by atoms with Crippen LogP contribution in [-0.4, -0.2) is 35.9 Å². The number of ether oxygens (including phenoxy) is 1. The lowest BCUT2D eigenvalue weighted by Gasteiger charge is -2.24. The molecule has 1 N–H and O–H groups in total. The number of carbonyl (C=O) groups is 2. The van der Waals surface area contributed by atoms with Crippen LogP contribution in [-0.2, 0) is 4.79 Å². The minimum Gasteiger partial charge on any atom is -0.494 e. The van der Waals surface area contributed by atoms with Gasteiger partial charge < -0.3 is 15.0 Å². The number of rotatable bonds is 7. The molecule has 1 saturated heterocycles. The third-order valence-electron chi connectivity index (χ3n) is 5.62. The van der Waals surface area contributed by atoms with Crippen LogP contribution in [0.4, 0.5) is 0 Å². The van der Waals surface area contributed by atoms with E-state index in [0.717, 1.165) is 49.1 Å². The van der Waals surface area contributed by atoms with Gasteiger partial charge in [0.05, 0.1) is 12.6 Å². The van der Waals surface area contributed by atoms with E-state index in [0.29, 0.717) is 18.2 Å². The molecule has 156 valence electrons. The van der Waals surface area contributed by atoms with Gasteiger partial charge in [0.2, 0.25) is 5.91 Å². The Labute approximate surface area is 177 Å². The molecule has 0 radical (unpaired) electrons. The number of amides is 2. The molecule has 1 unspecified atom stereocenters. The lowest BCUT2D eigenvalue weighted by molar-refractivity contribution is -0.126. The third-order valence-corrected chi connectivity index (χ3v) is 5.62. The van der Waals surface area contributed by atoms with Gasteiger partial charge in [-0.25, -0.2) is 0 Å². The maximum atomic E-state index is 12.8. The highest BCUT2D eigenvalue weighted by molar-refractivity contribution is 5.95. The van der Waals surface area contributed by atoms with Crippen molar-refractivity contribution in [3.05, 3.63) is 71.3 Å². The summed E-state index contributed by atoms with van der Waals surface area (Å²) in [5, 5.41) is 2.98. The Morgan fingerprint density at radius 1 is 1.07 bits per heavy atom. The molecule has 0 spiro atoms. The first kappa shape index (κ1) is 20.2. The van der Waals surface area contributed by atoms with Crippen LogP contribution in [0.25, 0.3) is 6.08 Å². The number of benzene rings is 2. The number of nitrogens with one attached hydrogen (secondary N) is 1. The van der Waals surface area contributed by atoms with Crippen molar-refractivity contribution in [3.8, 4) is 5.75 Å². The van der Waals surface area contributed by atoms with Gasteiger partial charge in [0.15, 0.2) is 0 Å². The van der Waals surface area contributed by atoms with Crippen molar-refractivity contribution in [2.45, 2.75) is 44.7 Å².